The first-order valence-corrected chi connectivity index (χ1v) is 10.2. The number of anilines is 1. The minimum Gasteiger partial charge on any atom is -0.503 e. The quantitative estimate of drug-likeness (QED) is 0.514. The van der Waals surface area contributed by atoms with Crippen LogP contribution in [0.3, 0.4) is 0 Å². The molecule has 0 saturated heterocycles. The van der Waals surface area contributed by atoms with Crippen molar-refractivity contribution < 1.29 is 27.9 Å². The topological polar surface area (TPSA) is 57.6 Å². The first-order valence-electron chi connectivity index (χ1n) is 9.28. The number of carbonyl (C=O) groups excluding carboxylic acids is 2. The standard InChI is InChI=1S/C23H16F3NO3S/c1-13-6-2-3-9-16(13)19-18(20(28)17-10-5-11-31-17)21(29)22(30)27(19)15-8-4-7-14(12-15)23(24,25)26/h2-12,19,29H,1H3. The van der Waals surface area contributed by atoms with Gasteiger partial charge in [-0.3, -0.25) is 14.5 Å². The Morgan fingerprint density at radius 1 is 1.06 bits per heavy atom. The summed E-state index contributed by atoms with van der Waals surface area (Å²) in [5.74, 6) is -2.22. The normalized spacial score (nSPS) is 16.8. The molecule has 0 saturated carbocycles. The third-order valence-electron chi connectivity index (χ3n) is 5.13. The van der Waals surface area contributed by atoms with Gasteiger partial charge in [0, 0.05) is 5.69 Å². The number of thiophene rings is 1. The minimum absolute atomic E-state index is 0.0615. The molecular weight excluding hydrogens is 427 g/mol. The van der Waals surface area contributed by atoms with Crippen molar-refractivity contribution in [3.63, 3.8) is 0 Å². The van der Waals surface area contributed by atoms with E-state index in [9.17, 15) is 27.9 Å². The lowest BCUT2D eigenvalue weighted by Gasteiger charge is -2.28. The predicted octanol–water partition coefficient (Wildman–Crippen LogP) is 5.86. The van der Waals surface area contributed by atoms with E-state index < -0.39 is 35.2 Å². The summed E-state index contributed by atoms with van der Waals surface area (Å²) in [5, 5.41) is 12.3. The van der Waals surface area contributed by atoms with Crippen LogP contribution in [0.15, 0.2) is 77.4 Å². The van der Waals surface area contributed by atoms with Crippen LogP contribution in [0.1, 0.15) is 32.4 Å². The van der Waals surface area contributed by atoms with Gasteiger partial charge in [0.15, 0.2) is 5.76 Å². The van der Waals surface area contributed by atoms with Crippen LogP contribution >= 0.6 is 11.3 Å². The largest absolute Gasteiger partial charge is 0.503 e. The van der Waals surface area contributed by atoms with Crippen LogP contribution in [0.2, 0.25) is 0 Å². The van der Waals surface area contributed by atoms with Crippen LogP contribution in [0.5, 0.6) is 0 Å². The Morgan fingerprint density at radius 3 is 2.45 bits per heavy atom. The molecule has 1 aliphatic rings. The fourth-order valence-electron chi connectivity index (χ4n) is 3.66. The summed E-state index contributed by atoms with van der Waals surface area (Å²) >= 11 is 1.15. The summed E-state index contributed by atoms with van der Waals surface area (Å²) in [6.07, 6.45) is -4.61. The number of hydrogen-bond acceptors (Lipinski definition) is 4. The molecule has 0 aliphatic carbocycles. The highest BCUT2D eigenvalue weighted by Crippen LogP contribution is 2.44. The summed E-state index contributed by atoms with van der Waals surface area (Å²) < 4.78 is 39.9. The Morgan fingerprint density at radius 2 is 1.81 bits per heavy atom. The van der Waals surface area contributed by atoms with Gasteiger partial charge in [-0.15, -0.1) is 11.3 Å². The molecule has 158 valence electrons. The second kappa shape index (κ2) is 7.70. The van der Waals surface area contributed by atoms with Crippen molar-refractivity contribution in [3.05, 3.63) is 98.9 Å². The van der Waals surface area contributed by atoms with Crippen molar-refractivity contribution in [2.24, 2.45) is 0 Å². The fraction of sp³-hybridized carbons (Fsp3) is 0.130. The molecule has 1 aliphatic heterocycles. The van der Waals surface area contributed by atoms with Gasteiger partial charge in [0.25, 0.3) is 5.91 Å². The molecule has 2 heterocycles. The Bertz CT molecular complexity index is 1200. The SMILES string of the molecule is Cc1ccccc1C1C(C(=O)c2cccs2)=C(O)C(=O)N1c1cccc(C(F)(F)F)c1. The fourth-order valence-corrected chi connectivity index (χ4v) is 4.34. The number of amides is 1. The van der Waals surface area contributed by atoms with Crippen LogP contribution in [0.4, 0.5) is 18.9 Å². The Balaban J connectivity index is 1.91. The van der Waals surface area contributed by atoms with E-state index in [-0.39, 0.29) is 11.3 Å². The molecule has 4 rings (SSSR count). The van der Waals surface area contributed by atoms with Gasteiger partial charge < -0.3 is 5.11 Å². The molecule has 8 heteroatoms. The Kier molecular flexibility index (Phi) is 5.18. The van der Waals surface area contributed by atoms with E-state index in [1.54, 1.807) is 48.7 Å². The number of hydrogen-bond donors (Lipinski definition) is 1. The molecule has 0 bridgehead atoms. The maximum atomic E-state index is 13.3. The van der Waals surface area contributed by atoms with Gasteiger partial charge in [0.1, 0.15) is 0 Å². The van der Waals surface area contributed by atoms with Gasteiger partial charge in [-0.1, -0.05) is 36.4 Å². The minimum atomic E-state index is -4.61. The molecule has 0 radical (unpaired) electrons. The molecule has 2 aromatic carbocycles. The number of alkyl halides is 3. The number of benzene rings is 2. The van der Waals surface area contributed by atoms with Crippen molar-refractivity contribution in [3.8, 4) is 0 Å². The number of nitrogens with zero attached hydrogens (tertiary/aromatic N) is 1. The number of aliphatic hydroxyl groups is 1. The molecular formula is C23H16F3NO3S. The average molecular weight is 443 g/mol. The molecule has 1 aromatic heterocycles. The van der Waals surface area contributed by atoms with Crippen molar-refractivity contribution in [2.75, 3.05) is 4.90 Å². The summed E-state index contributed by atoms with van der Waals surface area (Å²) in [5.41, 5.74) is 0.118. The molecule has 1 unspecified atom stereocenters. The maximum Gasteiger partial charge on any atom is 0.416 e. The van der Waals surface area contributed by atoms with Gasteiger partial charge >= 0.3 is 6.18 Å². The molecule has 1 atom stereocenters. The third kappa shape index (κ3) is 3.63. The van der Waals surface area contributed by atoms with Gasteiger partial charge in [0.2, 0.25) is 5.78 Å². The van der Waals surface area contributed by atoms with Crippen molar-refractivity contribution in [1.29, 1.82) is 0 Å². The lowest BCUT2D eigenvalue weighted by atomic mass is 9.92. The molecule has 31 heavy (non-hydrogen) atoms. The third-order valence-corrected chi connectivity index (χ3v) is 6.00. The van der Waals surface area contributed by atoms with Gasteiger partial charge in [-0.25, -0.2) is 0 Å². The van der Waals surface area contributed by atoms with E-state index in [4.69, 9.17) is 0 Å². The first kappa shape index (κ1) is 20.9. The first-order chi connectivity index (χ1) is 14.7. The number of Topliss-reactive ketones (excluding diaryl/α,β-unsaturated/α-hetero) is 1. The number of ketones is 1. The van der Waals surface area contributed by atoms with E-state index >= 15 is 0 Å². The number of aryl methyl sites for hydroxylation is 1. The van der Waals surface area contributed by atoms with E-state index in [2.05, 4.69) is 0 Å². The highest BCUT2D eigenvalue weighted by Gasteiger charge is 2.45. The highest BCUT2D eigenvalue weighted by molar-refractivity contribution is 7.12. The van der Waals surface area contributed by atoms with E-state index in [1.165, 1.54) is 12.1 Å². The molecule has 1 amide bonds. The Hall–Kier alpha value is -3.39. The highest BCUT2D eigenvalue weighted by atomic mass is 32.1. The van der Waals surface area contributed by atoms with Crippen LogP contribution in [-0.4, -0.2) is 16.8 Å². The van der Waals surface area contributed by atoms with Crippen molar-refractivity contribution in [2.45, 2.75) is 19.1 Å². The second-order valence-corrected chi connectivity index (χ2v) is 8.00. The Labute approximate surface area is 179 Å². The number of aliphatic hydroxyl groups excluding tert-OH is 1. The summed E-state index contributed by atoms with van der Waals surface area (Å²) in [7, 11) is 0. The van der Waals surface area contributed by atoms with E-state index in [0.29, 0.717) is 10.4 Å². The lowest BCUT2D eigenvalue weighted by molar-refractivity contribution is -0.137. The van der Waals surface area contributed by atoms with Crippen LogP contribution in [0.25, 0.3) is 0 Å². The van der Waals surface area contributed by atoms with Gasteiger partial charge in [-0.2, -0.15) is 13.2 Å². The summed E-state index contributed by atoms with van der Waals surface area (Å²) in [6, 6.07) is 13.4. The summed E-state index contributed by atoms with van der Waals surface area (Å²) in [4.78, 5) is 27.6. The molecule has 0 fully saturated rings. The lowest BCUT2D eigenvalue weighted by Crippen LogP contribution is -2.31. The zero-order chi connectivity index (χ0) is 22.3. The molecule has 1 N–H and O–H groups in total. The van der Waals surface area contributed by atoms with Crippen LogP contribution in [0, 0.1) is 6.92 Å². The molecule has 4 nitrogen and oxygen atoms in total. The maximum absolute atomic E-state index is 13.3. The van der Waals surface area contributed by atoms with Crippen molar-refractivity contribution >= 4 is 28.7 Å². The molecule has 0 spiro atoms. The monoisotopic (exact) mass is 443 g/mol. The number of carbonyl (C=O) groups is 2. The van der Waals surface area contributed by atoms with Gasteiger partial charge in [-0.05, 0) is 47.7 Å². The predicted molar refractivity (Wildman–Crippen MR) is 111 cm³/mol. The zero-order valence-electron chi connectivity index (χ0n) is 16.2. The molecule has 3 aromatic rings. The summed E-state index contributed by atoms with van der Waals surface area (Å²) in [6.45, 7) is 1.77. The average Bonchev–Trinajstić information content (AvgIpc) is 3.35. The van der Waals surface area contributed by atoms with E-state index in [0.717, 1.165) is 33.9 Å². The van der Waals surface area contributed by atoms with E-state index in [1.807, 2.05) is 0 Å². The van der Waals surface area contributed by atoms with Crippen LogP contribution < -0.4 is 4.90 Å². The number of halogens is 3. The zero-order valence-corrected chi connectivity index (χ0v) is 17.0. The van der Waals surface area contributed by atoms with Gasteiger partial charge in [0.05, 0.1) is 22.1 Å². The second-order valence-electron chi connectivity index (χ2n) is 7.05. The van der Waals surface area contributed by atoms with Crippen LogP contribution in [-0.2, 0) is 11.0 Å². The smallest absolute Gasteiger partial charge is 0.416 e. The number of rotatable bonds is 4. The van der Waals surface area contributed by atoms with Crippen molar-refractivity contribution in [1.82, 2.24) is 0 Å².